The van der Waals surface area contributed by atoms with Gasteiger partial charge in [-0.15, -0.1) is 0 Å². The predicted molar refractivity (Wildman–Crippen MR) is 79.9 cm³/mol. The zero-order valence-corrected chi connectivity index (χ0v) is 12.9. The standard InChI is InChI=1S/C15H18BNO4/c1-14(2)15(3,4)21-16(20-14)9-7-6-8-10-11(9)12(18)13(19)17(10)5/h6-8H,1-5H3. The van der Waals surface area contributed by atoms with E-state index in [1.165, 1.54) is 4.90 Å². The normalized spacial score (nSPS) is 22.9. The number of amides is 1. The molecule has 0 spiro atoms. The molecule has 0 N–H and O–H groups in total. The van der Waals surface area contributed by atoms with Gasteiger partial charge in [0.05, 0.1) is 22.5 Å². The van der Waals surface area contributed by atoms with Crippen molar-refractivity contribution in [1.82, 2.24) is 0 Å². The van der Waals surface area contributed by atoms with Crippen molar-refractivity contribution in [3.63, 3.8) is 0 Å². The highest BCUT2D eigenvalue weighted by Crippen LogP contribution is 2.37. The highest BCUT2D eigenvalue weighted by Gasteiger charge is 2.53. The Hall–Kier alpha value is -1.66. The van der Waals surface area contributed by atoms with Crippen molar-refractivity contribution in [2.24, 2.45) is 0 Å². The van der Waals surface area contributed by atoms with E-state index in [0.29, 0.717) is 16.7 Å². The Labute approximate surface area is 124 Å². The summed E-state index contributed by atoms with van der Waals surface area (Å²) in [6.45, 7) is 7.81. The molecule has 0 aromatic heterocycles. The molecule has 2 heterocycles. The summed E-state index contributed by atoms with van der Waals surface area (Å²) in [6, 6.07) is 5.35. The van der Waals surface area contributed by atoms with Gasteiger partial charge in [-0.25, -0.2) is 0 Å². The number of Topliss-reactive ketones (excluding diaryl/α,β-unsaturated/α-hetero) is 1. The van der Waals surface area contributed by atoms with Crippen molar-refractivity contribution in [1.29, 1.82) is 0 Å². The van der Waals surface area contributed by atoms with Gasteiger partial charge in [0.1, 0.15) is 0 Å². The maximum Gasteiger partial charge on any atom is 0.495 e. The van der Waals surface area contributed by atoms with Crippen molar-refractivity contribution in [2.45, 2.75) is 38.9 Å². The molecule has 3 rings (SSSR count). The zero-order chi connectivity index (χ0) is 15.6. The summed E-state index contributed by atoms with van der Waals surface area (Å²) >= 11 is 0. The van der Waals surface area contributed by atoms with Gasteiger partial charge in [0, 0.05) is 7.05 Å². The lowest BCUT2D eigenvalue weighted by atomic mass is 9.75. The van der Waals surface area contributed by atoms with Crippen molar-refractivity contribution in [3.8, 4) is 0 Å². The first-order valence-electron chi connectivity index (χ1n) is 6.97. The van der Waals surface area contributed by atoms with E-state index < -0.39 is 30.0 Å². The van der Waals surface area contributed by atoms with E-state index in [0.717, 1.165) is 0 Å². The fraction of sp³-hybridized carbons (Fsp3) is 0.467. The number of benzene rings is 1. The molecule has 1 amide bonds. The third-order valence-corrected chi connectivity index (χ3v) is 4.67. The Kier molecular flexibility index (Phi) is 2.84. The van der Waals surface area contributed by atoms with Crippen molar-refractivity contribution >= 4 is 30.0 Å². The number of likely N-dealkylation sites (N-methyl/N-ethyl adjacent to an activating group) is 1. The number of ketones is 1. The van der Waals surface area contributed by atoms with E-state index in [9.17, 15) is 9.59 Å². The van der Waals surface area contributed by atoms with Gasteiger partial charge in [-0.05, 0) is 39.2 Å². The van der Waals surface area contributed by atoms with Crippen LogP contribution in [0.3, 0.4) is 0 Å². The second-order valence-corrected chi connectivity index (χ2v) is 6.52. The summed E-state index contributed by atoms with van der Waals surface area (Å²) in [5, 5.41) is 0. The number of rotatable bonds is 1. The fourth-order valence-corrected chi connectivity index (χ4v) is 2.62. The number of nitrogens with zero attached hydrogens (tertiary/aromatic N) is 1. The molecule has 5 nitrogen and oxygen atoms in total. The number of anilines is 1. The summed E-state index contributed by atoms with van der Waals surface area (Å²) < 4.78 is 12.0. The van der Waals surface area contributed by atoms with Gasteiger partial charge in [0.15, 0.2) is 0 Å². The minimum atomic E-state index is -0.645. The Bertz CT molecular complexity index is 637. The molecule has 0 aliphatic carbocycles. The third kappa shape index (κ3) is 1.86. The Morgan fingerprint density at radius 2 is 1.62 bits per heavy atom. The lowest BCUT2D eigenvalue weighted by Crippen LogP contribution is -2.41. The lowest BCUT2D eigenvalue weighted by molar-refractivity contribution is -0.114. The van der Waals surface area contributed by atoms with Crippen LogP contribution in [0.4, 0.5) is 5.69 Å². The minimum absolute atomic E-state index is 0.392. The van der Waals surface area contributed by atoms with Gasteiger partial charge in [0.25, 0.3) is 11.7 Å². The smallest absolute Gasteiger partial charge is 0.399 e. The summed E-state index contributed by atoms with van der Waals surface area (Å²) in [4.78, 5) is 25.5. The highest BCUT2D eigenvalue weighted by molar-refractivity contribution is 6.67. The highest BCUT2D eigenvalue weighted by atomic mass is 16.7. The van der Waals surface area contributed by atoms with Crippen LogP contribution in [0.5, 0.6) is 0 Å². The molecule has 0 atom stereocenters. The second kappa shape index (κ2) is 4.18. The lowest BCUT2D eigenvalue weighted by Gasteiger charge is -2.32. The predicted octanol–water partition coefficient (Wildman–Crippen LogP) is 1.14. The molecule has 0 radical (unpaired) electrons. The van der Waals surface area contributed by atoms with Crippen molar-refractivity contribution in [3.05, 3.63) is 23.8 Å². The number of carbonyl (C=O) groups excluding carboxylic acids is 2. The zero-order valence-electron chi connectivity index (χ0n) is 12.9. The second-order valence-electron chi connectivity index (χ2n) is 6.52. The van der Waals surface area contributed by atoms with Crippen LogP contribution in [0.1, 0.15) is 38.1 Å². The van der Waals surface area contributed by atoms with Gasteiger partial charge in [-0.2, -0.15) is 0 Å². The van der Waals surface area contributed by atoms with Crippen LogP contribution in [-0.2, 0) is 14.1 Å². The quantitative estimate of drug-likeness (QED) is 0.574. The maximum absolute atomic E-state index is 12.2. The Morgan fingerprint density at radius 3 is 2.19 bits per heavy atom. The molecule has 0 saturated carbocycles. The summed E-state index contributed by atoms with van der Waals surface area (Å²) in [5.74, 6) is -1.02. The number of fused-ring (bicyclic) bond motifs is 1. The molecule has 1 aromatic rings. The average molecular weight is 287 g/mol. The van der Waals surface area contributed by atoms with Crippen LogP contribution in [0.15, 0.2) is 18.2 Å². The van der Waals surface area contributed by atoms with Gasteiger partial charge >= 0.3 is 7.12 Å². The van der Waals surface area contributed by atoms with Gasteiger partial charge < -0.3 is 14.2 Å². The van der Waals surface area contributed by atoms with E-state index in [-0.39, 0.29) is 0 Å². The van der Waals surface area contributed by atoms with E-state index in [2.05, 4.69) is 0 Å². The van der Waals surface area contributed by atoms with E-state index in [1.54, 1.807) is 19.2 Å². The fourth-order valence-electron chi connectivity index (χ4n) is 2.62. The molecule has 110 valence electrons. The van der Waals surface area contributed by atoms with Gasteiger partial charge in [0.2, 0.25) is 0 Å². The first-order valence-corrected chi connectivity index (χ1v) is 6.97. The molecular weight excluding hydrogens is 269 g/mol. The van der Waals surface area contributed by atoms with Crippen molar-refractivity contribution in [2.75, 3.05) is 11.9 Å². The summed E-state index contributed by atoms with van der Waals surface area (Å²) in [5.41, 5.74) is 0.644. The largest absolute Gasteiger partial charge is 0.495 e. The third-order valence-electron chi connectivity index (χ3n) is 4.67. The minimum Gasteiger partial charge on any atom is -0.399 e. The average Bonchev–Trinajstić information content (AvgIpc) is 2.76. The van der Waals surface area contributed by atoms with Gasteiger partial charge in [-0.1, -0.05) is 12.1 Å². The molecule has 1 fully saturated rings. The molecule has 0 unspecified atom stereocenters. The molecular formula is C15H18BNO4. The topological polar surface area (TPSA) is 55.8 Å². The number of carbonyl (C=O) groups is 2. The van der Waals surface area contributed by atoms with Crippen LogP contribution >= 0.6 is 0 Å². The summed E-state index contributed by atoms with van der Waals surface area (Å²) in [6.07, 6.45) is 0. The van der Waals surface area contributed by atoms with Crippen LogP contribution in [0.25, 0.3) is 0 Å². The van der Waals surface area contributed by atoms with E-state index in [4.69, 9.17) is 9.31 Å². The van der Waals surface area contributed by atoms with Crippen LogP contribution in [0.2, 0.25) is 0 Å². The molecule has 6 heteroatoms. The van der Waals surface area contributed by atoms with Gasteiger partial charge in [-0.3, -0.25) is 9.59 Å². The molecule has 1 saturated heterocycles. The first-order chi connectivity index (χ1) is 9.66. The summed E-state index contributed by atoms with van der Waals surface area (Å²) in [7, 11) is 0.952. The van der Waals surface area contributed by atoms with Crippen LogP contribution < -0.4 is 10.4 Å². The Morgan fingerprint density at radius 1 is 1.05 bits per heavy atom. The number of hydrogen-bond donors (Lipinski definition) is 0. The molecule has 2 aliphatic heterocycles. The first kappa shape index (κ1) is 14.3. The van der Waals surface area contributed by atoms with Crippen LogP contribution in [0, 0.1) is 0 Å². The van der Waals surface area contributed by atoms with E-state index >= 15 is 0 Å². The maximum atomic E-state index is 12.2. The SMILES string of the molecule is CN1C(=O)C(=O)c2c(B3OC(C)(C)C(C)(C)O3)cccc21. The molecule has 21 heavy (non-hydrogen) atoms. The molecule has 2 aliphatic rings. The molecule has 1 aromatic carbocycles. The van der Waals surface area contributed by atoms with Crippen molar-refractivity contribution < 1.29 is 18.9 Å². The number of hydrogen-bond acceptors (Lipinski definition) is 4. The van der Waals surface area contributed by atoms with E-state index in [1.807, 2.05) is 33.8 Å². The Balaban J connectivity index is 2.08. The monoisotopic (exact) mass is 287 g/mol. The van der Waals surface area contributed by atoms with Crippen LogP contribution in [-0.4, -0.2) is 37.1 Å². The molecule has 0 bridgehead atoms.